The van der Waals surface area contributed by atoms with Crippen molar-refractivity contribution in [2.45, 2.75) is 39.5 Å². The van der Waals surface area contributed by atoms with Crippen molar-refractivity contribution in [1.82, 2.24) is 19.6 Å². The van der Waals surface area contributed by atoms with Crippen LogP contribution in [0.3, 0.4) is 0 Å². The van der Waals surface area contributed by atoms with Crippen LogP contribution in [0.25, 0.3) is 16.7 Å². The second kappa shape index (κ2) is 6.73. The fourth-order valence-electron chi connectivity index (χ4n) is 2.72. The van der Waals surface area contributed by atoms with Gasteiger partial charge in [0.05, 0.1) is 11.0 Å². The van der Waals surface area contributed by atoms with Gasteiger partial charge >= 0.3 is 0 Å². The summed E-state index contributed by atoms with van der Waals surface area (Å²) in [6.07, 6.45) is 3.65. The van der Waals surface area contributed by atoms with Gasteiger partial charge in [0.15, 0.2) is 5.82 Å². The lowest BCUT2D eigenvalue weighted by molar-refractivity contribution is -0.117. The molecule has 0 atom stereocenters. The number of unbranched alkanes of at least 4 members (excludes halogenated alkanes) is 2. The molecule has 3 rings (SSSR count). The average molecular weight is 311 g/mol. The quantitative estimate of drug-likeness (QED) is 0.679. The number of nitrogens with zero attached hydrogens (tertiary/aromatic N) is 4. The van der Waals surface area contributed by atoms with Crippen LogP contribution < -0.4 is 5.32 Å². The number of hydrogen-bond acceptors (Lipinski definition) is 5. The first kappa shape index (κ1) is 15.4. The minimum absolute atomic E-state index is 0.259. The smallest absolute Gasteiger partial charge is 0.204 e. The van der Waals surface area contributed by atoms with Crippen molar-refractivity contribution in [2.24, 2.45) is 0 Å². The summed E-state index contributed by atoms with van der Waals surface area (Å²) < 4.78 is 2.03. The summed E-state index contributed by atoms with van der Waals surface area (Å²) in [5.41, 5.74) is 2.68. The Bertz CT molecular complexity index is 839. The van der Waals surface area contributed by atoms with Crippen LogP contribution in [0, 0.1) is 6.92 Å². The van der Waals surface area contributed by atoms with Crippen molar-refractivity contribution in [3.05, 3.63) is 30.1 Å². The molecule has 2 aromatic heterocycles. The number of anilines is 1. The molecular weight excluding hydrogens is 290 g/mol. The Kier molecular flexibility index (Phi) is 4.50. The summed E-state index contributed by atoms with van der Waals surface area (Å²) in [4.78, 5) is 15.6. The number of nitrogens with one attached hydrogen (secondary N) is 1. The molecule has 0 radical (unpaired) electrons. The monoisotopic (exact) mass is 311 g/mol. The van der Waals surface area contributed by atoms with E-state index >= 15 is 0 Å². The van der Waals surface area contributed by atoms with Gasteiger partial charge in [-0.15, -0.1) is 10.2 Å². The Labute approximate surface area is 134 Å². The highest BCUT2D eigenvalue weighted by Crippen LogP contribution is 2.21. The van der Waals surface area contributed by atoms with Gasteiger partial charge in [0.25, 0.3) is 0 Å². The molecule has 0 aliphatic carbocycles. The zero-order valence-electron chi connectivity index (χ0n) is 13.5. The summed E-state index contributed by atoms with van der Waals surface area (Å²) in [5.74, 6) is 1.87. The first-order valence-corrected chi connectivity index (χ1v) is 8.00. The standard InChI is InChI=1S/C17H21N5O/c1-12(23)8-4-3-7-11-18-16-17-21-20-13(2)22(17)15-10-6-5-9-14(15)19-16/h5-6,9-10H,3-4,7-8,11H2,1-2H3,(H,18,19). The van der Waals surface area contributed by atoms with E-state index in [2.05, 4.69) is 20.5 Å². The largest absolute Gasteiger partial charge is 0.367 e. The zero-order chi connectivity index (χ0) is 16.2. The Hall–Kier alpha value is -2.50. The highest BCUT2D eigenvalue weighted by atomic mass is 16.1. The van der Waals surface area contributed by atoms with E-state index in [0.717, 1.165) is 54.1 Å². The molecule has 0 fully saturated rings. The Balaban J connectivity index is 1.76. The van der Waals surface area contributed by atoms with Crippen LogP contribution >= 0.6 is 0 Å². The highest BCUT2D eigenvalue weighted by Gasteiger charge is 2.12. The third-order valence-corrected chi connectivity index (χ3v) is 3.89. The zero-order valence-corrected chi connectivity index (χ0v) is 13.5. The van der Waals surface area contributed by atoms with Crippen molar-refractivity contribution in [1.29, 1.82) is 0 Å². The van der Waals surface area contributed by atoms with E-state index < -0.39 is 0 Å². The van der Waals surface area contributed by atoms with Crippen LogP contribution in [0.15, 0.2) is 24.3 Å². The highest BCUT2D eigenvalue weighted by molar-refractivity contribution is 5.82. The van der Waals surface area contributed by atoms with Gasteiger partial charge in [0.1, 0.15) is 11.6 Å². The molecule has 1 aromatic carbocycles. The summed E-state index contributed by atoms with van der Waals surface area (Å²) in [5, 5.41) is 11.8. The maximum absolute atomic E-state index is 10.9. The van der Waals surface area contributed by atoms with E-state index in [1.807, 2.05) is 35.6 Å². The second-order valence-electron chi connectivity index (χ2n) is 5.79. The SMILES string of the molecule is CC(=O)CCCCCNc1nc2ccccc2n2c(C)nnc12. The normalized spacial score (nSPS) is 11.2. The molecule has 6 nitrogen and oxygen atoms in total. The molecule has 0 saturated carbocycles. The van der Waals surface area contributed by atoms with Crippen molar-refractivity contribution in [3.8, 4) is 0 Å². The number of ketones is 1. The van der Waals surface area contributed by atoms with E-state index in [-0.39, 0.29) is 5.78 Å². The molecule has 0 saturated heterocycles. The second-order valence-corrected chi connectivity index (χ2v) is 5.79. The molecule has 6 heteroatoms. The number of aromatic nitrogens is 4. The van der Waals surface area contributed by atoms with E-state index in [4.69, 9.17) is 0 Å². The lowest BCUT2D eigenvalue weighted by atomic mass is 10.1. The summed E-state index contributed by atoms with van der Waals surface area (Å²) in [6, 6.07) is 7.99. The number of aryl methyl sites for hydroxylation is 1. The number of carbonyl (C=O) groups is 1. The van der Waals surface area contributed by atoms with Crippen LogP contribution in [0.5, 0.6) is 0 Å². The van der Waals surface area contributed by atoms with Gasteiger partial charge in [0.2, 0.25) is 5.65 Å². The van der Waals surface area contributed by atoms with Crippen LogP contribution in [0.4, 0.5) is 5.82 Å². The minimum Gasteiger partial charge on any atom is -0.367 e. The Morgan fingerprint density at radius 3 is 2.83 bits per heavy atom. The minimum atomic E-state index is 0.259. The van der Waals surface area contributed by atoms with Crippen molar-refractivity contribution >= 4 is 28.3 Å². The fourth-order valence-corrected chi connectivity index (χ4v) is 2.72. The van der Waals surface area contributed by atoms with Crippen LogP contribution in [0.2, 0.25) is 0 Å². The van der Waals surface area contributed by atoms with E-state index in [1.54, 1.807) is 6.92 Å². The van der Waals surface area contributed by atoms with E-state index in [9.17, 15) is 4.79 Å². The summed E-state index contributed by atoms with van der Waals surface area (Å²) >= 11 is 0. The van der Waals surface area contributed by atoms with Crippen molar-refractivity contribution in [3.63, 3.8) is 0 Å². The summed E-state index contributed by atoms with van der Waals surface area (Å²) in [6.45, 7) is 4.39. The maximum atomic E-state index is 10.9. The van der Waals surface area contributed by atoms with Gasteiger partial charge in [-0.05, 0) is 38.8 Å². The van der Waals surface area contributed by atoms with Gasteiger partial charge < -0.3 is 10.1 Å². The molecule has 0 bridgehead atoms. The average Bonchev–Trinajstić information content (AvgIpc) is 2.93. The topological polar surface area (TPSA) is 72.2 Å². The molecule has 3 aromatic rings. The Morgan fingerprint density at radius 2 is 2.00 bits per heavy atom. The molecule has 0 aliphatic heterocycles. The molecule has 1 N–H and O–H groups in total. The summed E-state index contributed by atoms with van der Waals surface area (Å²) in [7, 11) is 0. The number of Topliss-reactive ketones (excluding diaryl/α,β-unsaturated/α-hetero) is 1. The molecule has 0 unspecified atom stereocenters. The molecule has 2 heterocycles. The Morgan fingerprint density at radius 1 is 1.17 bits per heavy atom. The van der Waals surface area contributed by atoms with Gasteiger partial charge in [-0.25, -0.2) is 4.98 Å². The van der Waals surface area contributed by atoms with Crippen LogP contribution in [-0.2, 0) is 4.79 Å². The van der Waals surface area contributed by atoms with E-state index in [1.165, 1.54) is 0 Å². The first-order valence-electron chi connectivity index (χ1n) is 8.00. The van der Waals surface area contributed by atoms with Gasteiger partial charge in [-0.1, -0.05) is 18.6 Å². The number of rotatable bonds is 7. The van der Waals surface area contributed by atoms with Crippen molar-refractivity contribution in [2.75, 3.05) is 11.9 Å². The number of benzene rings is 1. The lowest BCUT2D eigenvalue weighted by Crippen LogP contribution is -2.07. The van der Waals surface area contributed by atoms with Crippen LogP contribution in [0.1, 0.15) is 38.4 Å². The van der Waals surface area contributed by atoms with Gasteiger partial charge in [0, 0.05) is 13.0 Å². The molecule has 0 aliphatic rings. The van der Waals surface area contributed by atoms with E-state index in [0.29, 0.717) is 6.42 Å². The molecule has 120 valence electrons. The number of carbonyl (C=O) groups excluding carboxylic acids is 1. The fraction of sp³-hybridized carbons (Fsp3) is 0.412. The number of para-hydroxylation sites is 2. The van der Waals surface area contributed by atoms with Gasteiger partial charge in [-0.2, -0.15) is 0 Å². The van der Waals surface area contributed by atoms with Crippen molar-refractivity contribution < 1.29 is 4.79 Å². The predicted molar refractivity (Wildman–Crippen MR) is 90.7 cm³/mol. The molecule has 0 spiro atoms. The molecule has 23 heavy (non-hydrogen) atoms. The third-order valence-electron chi connectivity index (χ3n) is 3.89. The predicted octanol–water partition coefficient (Wildman–Crippen LogP) is 3.15. The number of fused-ring (bicyclic) bond motifs is 3. The van der Waals surface area contributed by atoms with Crippen LogP contribution in [-0.4, -0.2) is 31.9 Å². The maximum Gasteiger partial charge on any atom is 0.204 e. The lowest BCUT2D eigenvalue weighted by Gasteiger charge is -2.09. The molecular formula is C17H21N5O. The molecule has 0 amide bonds. The number of hydrogen-bond donors (Lipinski definition) is 1. The first-order chi connectivity index (χ1) is 11.2. The third kappa shape index (κ3) is 3.31. The van der Waals surface area contributed by atoms with Gasteiger partial charge in [-0.3, -0.25) is 4.40 Å².